The average molecular weight is 329 g/mol. The van der Waals surface area contributed by atoms with E-state index >= 15 is 0 Å². The second-order valence-electron chi connectivity index (χ2n) is 5.80. The van der Waals surface area contributed by atoms with E-state index in [2.05, 4.69) is 5.32 Å². The van der Waals surface area contributed by atoms with Crippen LogP contribution in [0.15, 0.2) is 36.5 Å². The predicted octanol–water partition coefficient (Wildman–Crippen LogP) is 1.44. The molecule has 2 heterocycles. The Morgan fingerprint density at radius 3 is 2.58 bits per heavy atom. The van der Waals surface area contributed by atoms with E-state index in [1.807, 2.05) is 29.2 Å². The summed E-state index contributed by atoms with van der Waals surface area (Å²) in [4.78, 5) is 37.7. The number of nitrogens with zero attached hydrogens (tertiary/aromatic N) is 2. The number of anilines is 2. The van der Waals surface area contributed by atoms with Gasteiger partial charge in [-0.2, -0.15) is 0 Å². The highest BCUT2D eigenvalue weighted by Gasteiger charge is 2.32. The Hall–Kier alpha value is -2.83. The van der Waals surface area contributed by atoms with Crippen LogP contribution in [0.25, 0.3) is 0 Å². The topological polar surface area (TPSA) is 79.0 Å². The minimum absolute atomic E-state index is 0.132. The molecule has 1 aromatic carbocycles. The van der Waals surface area contributed by atoms with Crippen LogP contribution >= 0.6 is 0 Å². The number of carbonyl (C=O) groups is 3. The second-order valence-corrected chi connectivity index (χ2v) is 5.80. The van der Waals surface area contributed by atoms with Crippen LogP contribution < -0.4 is 15.1 Å². The largest absolute Gasteiger partial charge is 0.442 e. The van der Waals surface area contributed by atoms with Crippen LogP contribution in [0.3, 0.4) is 0 Å². The zero-order chi connectivity index (χ0) is 17.1. The van der Waals surface area contributed by atoms with Gasteiger partial charge in [-0.05, 0) is 30.3 Å². The smallest absolute Gasteiger partial charge is 0.414 e. The number of hydrogen-bond donors (Lipinski definition) is 1. The molecule has 1 atom stereocenters. The molecule has 0 bridgehead atoms. The van der Waals surface area contributed by atoms with Gasteiger partial charge in [0.1, 0.15) is 6.10 Å². The normalized spacial score (nSPS) is 20.3. The predicted molar refractivity (Wildman–Crippen MR) is 88.9 cm³/mol. The molecule has 24 heavy (non-hydrogen) atoms. The van der Waals surface area contributed by atoms with Crippen molar-refractivity contribution < 1.29 is 19.1 Å². The summed E-state index contributed by atoms with van der Waals surface area (Å²) in [6, 6.07) is 7.51. The number of allylic oxidation sites excluding steroid dienone is 1. The van der Waals surface area contributed by atoms with Gasteiger partial charge in [0.2, 0.25) is 5.91 Å². The minimum Gasteiger partial charge on any atom is -0.442 e. The van der Waals surface area contributed by atoms with Crippen molar-refractivity contribution in [1.29, 1.82) is 0 Å². The lowest BCUT2D eigenvalue weighted by Crippen LogP contribution is -2.33. The highest BCUT2D eigenvalue weighted by atomic mass is 16.6. The van der Waals surface area contributed by atoms with Gasteiger partial charge >= 0.3 is 6.09 Å². The minimum atomic E-state index is -0.415. The van der Waals surface area contributed by atoms with Gasteiger partial charge in [-0.1, -0.05) is 0 Å². The third-order valence-corrected chi connectivity index (χ3v) is 3.99. The zero-order valence-electron chi connectivity index (χ0n) is 13.4. The number of ether oxygens (including phenoxy) is 1. The number of nitrogens with one attached hydrogen (secondary N) is 1. The van der Waals surface area contributed by atoms with Crippen LogP contribution in [0, 0.1) is 0 Å². The van der Waals surface area contributed by atoms with Crippen molar-refractivity contribution in [2.24, 2.45) is 0 Å². The van der Waals surface area contributed by atoms with E-state index in [4.69, 9.17) is 4.74 Å². The van der Waals surface area contributed by atoms with E-state index in [0.29, 0.717) is 26.1 Å². The van der Waals surface area contributed by atoms with E-state index in [1.54, 1.807) is 17.2 Å². The number of ketones is 1. The Balaban J connectivity index is 1.65. The first-order valence-electron chi connectivity index (χ1n) is 7.83. The van der Waals surface area contributed by atoms with Crippen molar-refractivity contribution in [2.75, 3.05) is 29.4 Å². The fraction of sp³-hybridized carbons (Fsp3) is 0.353. The molecule has 7 heteroatoms. The summed E-state index contributed by atoms with van der Waals surface area (Å²) in [6.07, 6.45) is 3.08. The van der Waals surface area contributed by atoms with Crippen molar-refractivity contribution in [1.82, 2.24) is 5.32 Å². The van der Waals surface area contributed by atoms with Crippen molar-refractivity contribution in [3.05, 3.63) is 36.5 Å². The van der Waals surface area contributed by atoms with Gasteiger partial charge in [-0.25, -0.2) is 4.79 Å². The molecule has 0 saturated carbocycles. The molecule has 1 aromatic rings. The first-order valence-corrected chi connectivity index (χ1v) is 7.83. The molecule has 3 rings (SSSR count). The highest BCUT2D eigenvalue weighted by Crippen LogP contribution is 2.25. The SMILES string of the molecule is CC(=O)NC[C@H]1CN(c2ccc(N3C=CC(=O)CC3)cc2)C(=O)O1. The highest BCUT2D eigenvalue weighted by molar-refractivity contribution is 5.92. The Morgan fingerprint density at radius 2 is 1.96 bits per heavy atom. The first kappa shape index (κ1) is 16.0. The molecule has 2 amide bonds. The van der Waals surface area contributed by atoms with E-state index < -0.39 is 6.09 Å². The Kier molecular flexibility index (Phi) is 4.50. The number of benzene rings is 1. The van der Waals surface area contributed by atoms with Gasteiger partial charge in [0, 0.05) is 37.5 Å². The molecule has 1 fully saturated rings. The number of amides is 2. The molecule has 0 aromatic heterocycles. The lowest BCUT2D eigenvalue weighted by molar-refractivity contribution is -0.119. The number of carbonyl (C=O) groups excluding carboxylic acids is 3. The maximum Gasteiger partial charge on any atom is 0.414 e. The van der Waals surface area contributed by atoms with Crippen molar-refractivity contribution in [2.45, 2.75) is 19.4 Å². The molecule has 0 aliphatic carbocycles. The van der Waals surface area contributed by atoms with Crippen LogP contribution in [-0.2, 0) is 14.3 Å². The molecule has 126 valence electrons. The van der Waals surface area contributed by atoms with E-state index in [9.17, 15) is 14.4 Å². The quantitative estimate of drug-likeness (QED) is 0.904. The van der Waals surface area contributed by atoms with E-state index in [1.165, 1.54) is 6.92 Å². The monoisotopic (exact) mass is 329 g/mol. The van der Waals surface area contributed by atoms with Gasteiger partial charge in [-0.3, -0.25) is 14.5 Å². The van der Waals surface area contributed by atoms with Crippen LogP contribution in [0.5, 0.6) is 0 Å². The molecular weight excluding hydrogens is 310 g/mol. The van der Waals surface area contributed by atoms with Crippen LogP contribution in [0.2, 0.25) is 0 Å². The van der Waals surface area contributed by atoms with E-state index in [-0.39, 0.29) is 17.8 Å². The molecule has 0 radical (unpaired) electrons. The molecule has 0 unspecified atom stereocenters. The molecule has 7 nitrogen and oxygen atoms in total. The Labute approximate surface area is 139 Å². The fourth-order valence-corrected chi connectivity index (χ4v) is 2.70. The molecule has 1 N–H and O–H groups in total. The number of rotatable bonds is 4. The lowest BCUT2D eigenvalue weighted by Gasteiger charge is -2.23. The van der Waals surface area contributed by atoms with E-state index in [0.717, 1.165) is 11.4 Å². The fourth-order valence-electron chi connectivity index (χ4n) is 2.70. The zero-order valence-corrected chi connectivity index (χ0v) is 13.4. The summed E-state index contributed by atoms with van der Waals surface area (Å²) >= 11 is 0. The van der Waals surface area contributed by atoms with Gasteiger partial charge in [-0.15, -0.1) is 0 Å². The van der Waals surface area contributed by atoms with Gasteiger partial charge in [0.05, 0.1) is 13.1 Å². The second kappa shape index (κ2) is 6.74. The van der Waals surface area contributed by atoms with Crippen molar-refractivity contribution >= 4 is 29.2 Å². The lowest BCUT2D eigenvalue weighted by atomic mass is 10.1. The third kappa shape index (κ3) is 3.56. The van der Waals surface area contributed by atoms with Crippen LogP contribution in [0.4, 0.5) is 16.2 Å². The summed E-state index contributed by atoms with van der Waals surface area (Å²) in [6.45, 7) is 2.79. The summed E-state index contributed by atoms with van der Waals surface area (Å²) in [5.74, 6) is -0.0187. The molecule has 1 saturated heterocycles. The summed E-state index contributed by atoms with van der Waals surface area (Å²) in [5.41, 5.74) is 1.70. The maximum absolute atomic E-state index is 12.0. The van der Waals surface area contributed by atoms with Crippen molar-refractivity contribution in [3.8, 4) is 0 Å². The summed E-state index contributed by atoms with van der Waals surface area (Å²) < 4.78 is 5.25. The Bertz CT molecular complexity index is 684. The number of hydrogen-bond acceptors (Lipinski definition) is 5. The van der Waals surface area contributed by atoms with Crippen molar-refractivity contribution in [3.63, 3.8) is 0 Å². The summed E-state index contributed by atoms with van der Waals surface area (Å²) in [7, 11) is 0. The van der Waals surface area contributed by atoms with Gasteiger partial charge < -0.3 is 15.0 Å². The molecule has 2 aliphatic rings. The first-order chi connectivity index (χ1) is 11.5. The maximum atomic E-state index is 12.0. The van der Waals surface area contributed by atoms with Crippen LogP contribution in [0.1, 0.15) is 13.3 Å². The number of cyclic esters (lactones) is 1. The molecular formula is C17H19N3O4. The summed E-state index contributed by atoms with van der Waals surface area (Å²) in [5, 5.41) is 2.65. The average Bonchev–Trinajstić information content (AvgIpc) is 2.95. The van der Waals surface area contributed by atoms with Gasteiger partial charge in [0.15, 0.2) is 5.78 Å². The third-order valence-electron chi connectivity index (χ3n) is 3.99. The Morgan fingerprint density at radius 1 is 1.25 bits per heavy atom. The van der Waals surface area contributed by atoms with Crippen LogP contribution in [-0.4, -0.2) is 43.5 Å². The standard InChI is InChI=1S/C17H19N3O4/c1-12(21)18-10-16-11-20(17(23)24-16)14-4-2-13(3-5-14)19-8-6-15(22)7-9-19/h2-6,8,16H,7,9-11H2,1H3,(H,18,21)/t16-/m0/s1. The van der Waals surface area contributed by atoms with Gasteiger partial charge in [0.25, 0.3) is 0 Å². The molecule has 0 spiro atoms. The molecule has 2 aliphatic heterocycles.